The number of carbonyl (C=O) groups excluding carboxylic acids is 1. The number of nitrogens with one attached hydrogen (secondary N) is 1. The maximum absolute atomic E-state index is 13.2. The molecular formula is C22H30N2O5. The minimum absolute atomic E-state index is 0.0470. The van der Waals surface area contributed by atoms with Crippen LogP contribution < -0.4 is 5.32 Å². The molecule has 2 fully saturated rings. The van der Waals surface area contributed by atoms with E-state index in [9.17, 15) is 24.6 Å². The number of rotatable bonds is 8. The molecule has 3 rings (SSSR count). The molecule has 0 spiro atoms. The van der Waals surface area contributed by atoms with E-state index in [0.717, 1.165) is 31.2 Å². The second-order valence-corrected chi connectivity index (χ2v) is 8.25. The van der Waals surface area contributed by atoms with Gasteiger partial charge in [-0.15, -0.1) is 0 Å². The van der Waals surface area contributed by atoms with Crippen LogP contribution in [0.25, 0.3) is 0 Å². The van der Waals surface area contributed by atoms with Crippen molar-refractivity contribution in [2.75, 3.05) is 0 Å². The molecule has 158 valence electrons. The molecule has 5 atom stereocenters. The summed E-state index contributed by atoms with van der Waals surface area (Å²) in [7, 11) is 0. The monoisotopic (exact) mass is 402 g/mol. The van der Waals surface area contributed by atoms with E-state index in [1.165, 1.54) is 4.90 Å². The van der Waals surface area contributed by atoms with Crippen molar-refractivity contribution >= 4 is 17.8 Å². The highest BCUT2D eigenvalue weighted by Crippen LogP contribution is 2.40. The molecule has 1 aliphatic heterocycles. The van der Waals surface area contributed by atoms with Crippen LogP contribution in [0.1, 0.15) is 51.0 Å². The van der Waals surface area contributed by atoms with E-state index < -0.39 is 30.1 Å². The van der Waals surface area contributed by atoms with Crippen LogP contribution in [-0.4, -0.2) is 57.1 Å². The summed E-state index contributed by atoms with van der Waals surface area (Å²) in [5, 5.41) is 22.2. The fraction of sp³-hybridized carbons (Fsp3) is 0.591. The van der Waals surface area contributed by atoms with Crippen LogP contribution >= 0.6 is 0 Å². The molecule has 1 unspecified atom stereocenters. The minimum Gasteiger partial charge on any atom is -0.480 e. The molecule has 2 aliphatic rings. The summed E-state index contributed by atoms with van der Waals surface area (Å²) in [6.07, 6.45) is 5.27. The predicted octanol–water partition coefficient (Wildman–Crippen LogP) is 2.29. The molecule has 3 N–H and O–H groups in total. The topological polar surface area (TPSA) is 107 Å². The Morgan fingerprint density at radius 2 is 1.83 bits per heavy atom. The molecule has 29 heavy (non-hydrogen) atoms. The van der Waals surface area contributed by atoms with Crippen LogP contribution in [0.2, 0.25) is 0 Å². The van der Waals surface area contributed by atoms with Crippen molar-refractivity contribution in [1.82, 2.24) is 10.2 Å². The lowest BCUT2D eigenvalue weighted by atomic mass is 9.84. The highest BCUT2D eigenvalue weighted by molar-refractivity contribution is 5.88. The van der Waals surface area contributed by atoms with Gasteiger partial charge in [-0.25, -0.2) is 4.79 Å². The van der Waals surface area contributed by atoms with Gasteiger partial charge < -0.3 is 15.1 Å². The van der Waals surface area contributed by atoms with Crippen molar-refractivity contribution < 1.29 is 24.6 Å². The summed E-state index contributed by atoms with van der Waals surface area (Å²) in [6, 6.07) is 7.12. The third-order valence-electron chi connectivity index (χ3n) is 6.31. The number of aryl methyl sites for hydroxylation is 1. The van der Waals surface area contributed by atoms with Gasteiger partial charge in [-0.1, -0.05) is 43.2 Å². The average molecular weight is 402 g/mol. The Labute approximate surface area is 171 Å². The molecule has 1 aliphatic carbocycles. The zero-order valence-electron chi connectivity index (χ0n) is 16.8. The number of hydrogen-bond acceptors (Lipinski definition) is 4. The molecule has 7 nitrogen and oxygen atoms in total. The second kappa shape index (κ2) is 9.39. The van der Waals surface area contributed by atoms with Gasteiger partial charge >= 0.3 is 11.9 Å². The van der Waals surface area contributed by atoms with Gasteiger partial charge in [0.1, 0.15) is 12.1 Å². The Morgan fingerprint density at radius 1 is 1.14 bits per heavy atom. The molecule has 1 aromatic carbocycles. The van der Waals surface area contributed by atoms with Gasteiger partial charge in [-0.2, -0.15) is 0 Å². The highest BCUT2D eigenvalue weighted by Gasteiger charge is 2.48. The number of amides is 1. The Balaban J connectivity index is 1.66. The summed E-state index contributed by atoms with van der Waals surface area (Å²) in [5.41, 5.74) is 1.04. The molecule has 0 aromatic heterocycles. The maximum Gasteiger partial charge on any atom is 0.326 e. The zero-order valence-corrected chi connectivity index (χ0v) is 16.8. The lowest BCUT2D eigenvalue weighted by molar-refractivity contribution is -0.151. The predicted molar refractivity (Wildman–Crippen MR) is 107 cm³/mol. The van der Waals surface area contributed by atoms with Gasteiger partial charge in [0.05, 0.1) is 6.04 Å². The van der Waals surface area contributed by atoms with Crippen molar-refractivity contribution in [2.45, 2.75) is 76.0 Å². The number of likely N-dealkylation sites (tertiary alicyclic amines) is 1. The molecule has 7 heteroatoms. The molecule has 1 heterocycles. The van der Waals surface area contributed by atoms with Crippen molar-refractivity contribution in [3.8, 4) is 0 Å². The number of hydrogen-bond donors (Lipinski definition) is 3. The third kappa shape index (κ3) is 4.96. The van der Waals surface area contributed by atoms with Crippen LogP contribution in [0.5, 0.6) is 0 Å². The summed E-state index contributed by atoms with van der Waals surface area (Å²) in [4.78, 5) is 38.2. The molecule has 0 bridgehead atoms. The largest absolute Gasteiger partial charge is 0.480 e. The number of carboxylic acid groups (broad SMARTS) is 2. The summed E-state index contributed by atoms with van der Waals surface area (Å²) < 4.78 is 0. The fourth-order valence-electron chi connectivity index (χ4n) is 4.83. The van der Waals surface area contributed by atoms with Crippen LogP contribution in [0.3, 0.4) is 0 Å². The van der Waals surface area contributed by atoms with Gasteiger partial charge in [0, 0.05) is 6.04 Å². The quantitative estimate of drug-likeness (QED) is 0.616. The molecule has 1 saturated heterocycles. The van der Waals surface area contributed by atoms with E-state index in [2.05, 4.69) is 5.32 Å². The maximum atomic E-state index is 13.2. The smallest absolute Gasteiger partial charge is 0.326 e. The number of fused-ring (bicyclic) bond motifs is 1. The van der Waals surface area contributed by atoms with Gasteiger partial charge in [-0.05, 0) is 50.5 Å². The first-order valence-corrected chi connectivity index (χ1v) is 10.5. The Morgan fingerprint density at radius 3 is 2.48 bits per heavy atom. The van der Waals surface area contributed by atoms with Gasteiger partial charge in [0.25, 0.3) is 0 Å². The Bertz CT molecular complexity index is 738. The first-order chi connectivity index (χ1) is 13.9. The van der Waals surface area contributed by atoms with Crippen molar-refractivity contribution in [3.63, 3.8) is 0 Å². The van der Waals surface area contributed by atoms with Crippen LogP contribution in [0, 0.1) is 5.92 Å². The van der Waals surface area contributed by atoms with Crippen molar-refractivity contribution in [2.24, 2.45) is 5.92 Å². The van der Waals surface area contributed by atoms with E-state index in [1.807, 2.05) is 30.3 Å². The molecular weight excluding hydrogens is 372 g/mol. The van der Waals surface area contributed by atoms with E-state index in [1.54, 1.807) is 6.92 Å². The second-order valence-electron chi connectivity index (χ2n) is 8.25. The summed E-state index contributed by atoms with van der Waals surface area (Å²) in [5.74, 6) is -2.06. The molecule has 1 aromatic rings. The highest BCUT2D eigenvalue weighted by atomic mass is 16.4. The molecule has 1 amide bonds. The third-order valence-corrected chi connectivity index (χ3v) is 6.31. The molecule has 1 saturated carbocycles. The summed E-state index contributed by atoms with van der Waals surface area (Å²) >= 11 is 0. The number of nitrogens with zero attached hydrogens (tertiary/aromatic N) is 1. The van der Waals surface area contributed by atoms with Crippen LogP contribution in [0.4, 0.5) is 0 Å². The van der Waals surface area contributed by atoms with E-state index in [4.69, 9.17) is 0 Å². The van der Waals surface area contributed by atoms with Crippen molar-refractivity contribution in [3.05, 3.63) is 35.9 Å². The van der Waals surface area contributed by atoms with E-state index in [0.29, 0.717) is 19.3 Å². The molecule has 0 radical (unpaired) electrons. The normalized spacial score (nSPS) is 25.8. The van der Waals surface area contributed by atoms with Gasteiger partial charge in [-0.3, -0.25) is 14.9 Å². The first kappa shape index (κ1) is 21.3. The first-order valence-electron chi connectivity index (χ1n) is 10.5. The summed E-state index contributed by atoms with van der Waals surface area (Å²) in [6.45, 7) is 1.63. The Hall–Kier alpha value is -2.41. The number of carboxylic acids is 2. The number of carbonyl (C=O) groups is 3. The standard InChI is InChI=1S/C22H30N2O5/c1-14(23-17(21(26)27)12-11-15-7-3-2-4-8-15)20(25)24-18-10-6-5-9-16(18)13-19(24)22(28)29/h2-4,7-8,14,16-19,23H,5-6,9-13H2,1H3,(H,26,27)(H,28,29)/t14?,16-,17+,18-,19+/m1/s1. The lowest BCUT2D eigenvalue weighted by Crippen LogP contribution is -2.55. The van der Waals surface area contributed by atoms with Gasteiger partial charge in [0.2, 0.25) is 5.91 Å². The van der Waals surface area contributed by atoms with E-state index in [-0.39, 0.29) is 17.9 Å². The van der Waals surface area contributed by atoms with Gasteiger partial charge in [0.15, 0.2) is 0 Å². The average Bonchev–Trinajstić information content (AvgIpc) is 3.10. The number of aliphatic carboxylic acids is 2. The van der Waals surface area contributed by atoms with Crippen LogP contribution in [-0.2, 0) is 20.8 Å². The Kier molecular flexibility index (Phi) is 6.90. The van der Waals surface area contributed by atoms with E-state index >= 15 is 0 Å². The lowest BCUT2D eigenvalue weighted by Gasteiger charge is -2.35. The van der Waals surface area contributed by atoms with Crippen LogP contribution in [0.15, 0.2) is 30.3 Å². The minimum atomic E-state index is -1.01. The SMILES string of the molecule is CC(N[C@@H](CCc1ccccc1)C(=O)O)C(=O)N1[C@@H]2CCCC[C@@H]2C[C@H]1C(=O)O. The number of benzene rings is 1. The zero-order chi connectivity index (χ0) is 21.0. The fourth-order valence-corrected chi connectivity index (χ4v) is 4.83. The van der Waals surface area contributed by atoms with Crippen molar-refractivity contribution in [1.29, 1.82) is 0 Å².